The van der Waals surface area contributed by atoms with Gasteiger partial charge in [-0.3, -0.25) is 0 Å². The lowest BCUT2D eigenvalue weighted by molar-refractivity contribution is -0.153. The molecule has 0 saturated heterocycles. The summed E-state index contributed by atoms with van der Waals surface area (Å²) in [5.41, 5.74) is -0.231. The number of carbonyl (C=O) groups excluding carboxylic acids is 1. The van der Waals surface area contributed by atoms with Crippen molar-refractivity contribution in [3.63, 3.8) is 0 Å². The minimum atomic E-state index is -0.717. The number of nitrogens with zero attached hydrogens (tertiary/aromatic N) is 1. The molecule has 1 atom stereocenters. The van der Waals surface area contributed by atoms with Gasteiger partial charge in [0.25, 0.3) is 0 Å². The second-order valence-corrected chi connectivity index (χ2v) is 6.36. The van der Waals surface area contributed by atoms with Crippen LogP contribution in [-0.4, -0.2) is 29.0 Å². The van der Waals surface area contributed by atoms with Crippen molar-refractivity contribution < 1.29 is 19.5 Å². The highest BCUT2D eigenvalue weighted by molar-refractivity contribution is 6.29. The summed E-state index contributed by atoms with van der Waals surface area (Å²) in [5.74, 6) is -0.547. The third kappa shape index (κ3) is 4.38. The molecule has 2 rings (SSSR count). The molecule has 23 heavy (non-hydrogen) atoms. The van der Waals surface area contributed by atoms with Crippen molar-refractivity contribution in [3.05, 3.63) is 35.1 Å². The first-order valence-electron chi connectivity index (χ1n) is 7.83. The molecule has 0 fully saturated rings. The summed E-state index contributed by atoms with van der Waals surface area (Å²) in [4.78, 5) is 17.5. The normalized spacial score (nSPS) is 24.8. The number of allylic oxidation sites excluding steroid dienone is 1. The molecule has 1 N–H and O–H groups in total. The number of aliphatic hydroxyl groups excluding tert-OH is 1. The highest BCUT2D eigenvalue weighted by atomic mass is 35.5. The molecule has 5 nitrogen and oxygen atoms in total. The summed E-state index contributed by atoms with van der Waals surface area (Å²) >= 11 is 5.63. The molecule has 0 aromatic carbocycles. The van der Waals surface area contributed by atoms with Crippen LogP contribution in [0, 0.1) is 0 Å². The van der Waals surface area contributed by atoms with Crippen LogP contribution in [0.3, 0.4) is 0 Å². The Hall–Kier alpha value is -1.75. The van der Waals surface area contributed by atoms with Gasteiger partial charge in [-0.05, 0) is 31.8 Å². The number of oxime groups is 1. The Morgan fingerprint density at radius 3 is 2.96 bits per heavy atom. The monoisotopic (exact) mass is 339 g/mol. The van der Waals surface area contributed by atoms with Gasteiger partial charge in [-0.1, -0.05) is 42.8 Å². The third-order valence-electron chi connectivity index (χ3n) is 3.82. The van der Waals surface area contributed by atoms with Gasteiger partial charge in [0.15, 0.2) is 6.61 Å². The fourth-order valence-electron chi connectivity index (χ4n) is 2.81. The van der Waals surface area contributed by atoms with Crippen molar-refractivity contribution in [3.8, 4) is 0 Å². The molecule has 1 aliphatic carbocycles. The second-order valence-electron chi connectivity index (χ2n) is 5.83. The first-order valence-corrected chi connectivity index (χ1v) is 8.21. The van der Waals surface area contributed by atoms with Gasteiger partial charge in [0.2, 0.25) is 0 Å². The summed E-state index contributed by atoms with van der Waals surface area (Å²) in [6.45, 7) is 5.51. The van der Waals surface area contributed by atoms with E-state index in [-0.39, 0.29) is 24.4 Å². The van der Waals surface area contributed by atoms with Gasteiger partial charge >= 0.3 is 5.97 Å². The van der Waals surface area contributed by atoms with E-state index in [0.29, 0.717) is 17.2 Å². The van der Waals surface area contributed by atoms with Gasteiger partial charge in [-0.25, -0.2) is 4.79 Å². The SMILES string of the molecule is C=C(Cl)CON=C(CCC)C1=C(O)CC2(C=CCCC2)OC1=O. The average molecular weight is 340 g/mol. The molecule has 2 aliphatic rings. The smallest absolute Gasteiger partial charge is 0.344 e. The Kier molecular flexibility index (Phi) is 5.88. The largest absolute Gasteiger partial charge is 0.511 e. The van der Waals surface area contributed by atoms with Gasteiger partial charge in [0, 0.05) is 6.42 Å². The topological polar surface area (TPSA) is 68.1 Å². The van der Waals surface area contributed by atoms with E-state index in [1.807, 2.05) is 19.1 Å². The van der Waals surface area contributed by atoms with Gasteiger partial charge < -0.3 is 14.7 Å². The van der Waals surface area contributed by atoms with Gasteiger partial charge in [0.05, 0.1) is 10.7 Å². The highest BCUT2D eigenvalue weighted by Gasteiger charge is 2.42. The van der Waals surface area contributed by atoms with Gasteiger partial charge in [-0.2, -0.15) is 0 Å². The second kappa shape index (κ2) is 7.68. The predicted octanol–water partition coefficient (Wildman–Crippen LogP) is 4.15. The molecule has 0 bridgehead atoms. The average Bonchev–Trinajstić information content (AvgIpc) is 2.46. The van der Waals surface area contributed by atoms with Crippen molar-refractivity contribution in [2.75, 3.05) is 6.61 Å². The lowest BCUT2D eigenvalue weighted by atomic mass is 9.84. The highest BCUT2D eigenvalue weighted by Crippen LogP contribution is 2.37. The summed E-state index contributed by atoms with van der Waals surface area (Å²) in [6.07, 6.45) is 8.01. The number of hydrogen-bond donors (Lipinski definition) is 1. The molecule has 0 amide bonds. The summed E-state index contributed by atoms with van der Waals surface area (Å²) < 4.78 is 5.63. The molecule has 126 valence electrons. The van der Waals surface area contributed by atoms with Crippen LogP contribution in [0.5, 0.6) is 0 Å². The molecule has 0 aromatic rings. The lowest BCUT2D eigenvalue weighted by Gasteiger charge is -2.36. The Labute approximate surface area is 141 Å². The van der Waals surface area contributed by atoms with E-state index in [0.717, 1.165) is 25.7 Å². The molecule has 1 heterocycles. The standard InChI is InChI=1S/C17H22ClNO4/c1-3-7-13(19-22-11-12(2)18)15-14(20)10-17(23-16(15)21)8-5-4-6-9-17/h5,8,20H,2-4,6-7,9-11H2,1H3. The Bertz CT molecular complexity index is 579. The zero-order valence-corrected chi connectivity index (χ0v) is 14.1. The van der Waals surface area contributed by atoms with Crippen LogP contribution in [0.15, 0.2) is 40.3 Å². The van der Waals surface area contributed by atoms with Crippen LogP contribution in [-0.2, 0) is 14.4 Å². The first-order chi connectivity index (χ1) is 11.0. The van der Waals surface area contributed by atoms with Crippen LogP contribution in [0.4, 0.5) is 0 Å². The lowest BCUT2D eigenvalue weighted by Crippen LogP contribution is -2.41. The van der Waals surface area contributed by atoms with E-state index in [9.17, 15) is 9.90 Å². The number of esters is 1. The van der Waals surface area contributed by atoms with Crippen LogP contribution < -0.4 is 0 Å². The van der Waals surface area contributed by atoms with Gasteiger partial charge in [-0.15, -0.1) is 0 Å². The van der Waals surface area contributed by atoms with Crippen molar-refractivity contribution in [2.45, 2.75) is 51.0 Å². The zero-order chi connectivity index (χ0) is 16.9. The Balaban J connectivity index is 2.25. The Morgan fingerprint density at radius 1 is 1.61 bits per heavy atom. The number of carbonyl (C=O) groups is 1. The molecule has 0 aromatic heterocycles. The van der Waals surface area contributed by atoms with Crippen LogP contribution in [0.1, 0.15) is 45.4 Å². The minimum absolute atomic E-state index is 0.00769. The van der Waals surface area contributed by atoms with Crippen molar-refractivity contribution >= 4 is 23.3 Å². The predicted molar refractivity (Wildman–Crippen MR) is 89.4 cm³/mol. The maximum Gasteiger partial charge on any atom is 0.344 e. The van der Waals surface area contributed by atoms with Crippen LogP contribution >= 0.6 is 11.6 Å². The van der Waals surface area contributed by atoms with E-state index in [2.05, 4.69) is 11.7 Å². The van der Waals surface area contributed by atoms with Crippen molar-refractivity contribution in [1.82, 2.24) is 0 Å². The van der Waals surface area contributed by atoms with E-state index in [4.69, 9.17) is 21.2 Å². The quantitative estimate of drug-likeness (QED) is 0.341. The number of hydrogen-bond acceptors (Lipinski definition) is 5. The zero-order valence-electron chi connectivity index (χ0n) is 13.3. The summed E-state index contributed by atoms with van der Waals surface area (Å²) in [6, 6.07) is 0. The fourth-order valence-corrected chi connectivity index (χ4v) is 2.86. The molecular formula is C17H22ClNO4. The maximum atomic E-state index is 12.4. The molecule has 0 radical (unpaired) electrons. The molecule has 1 unspecified atom stereocenters. The third-order valence-corrected chi connectivity index (χ3v) is 3.93. The Morgan fingerprint density at radius 2 is 2.39 bits per heavy atom. The summed E-state index contributed by atoms with van der Waals surface area (Å²) in [7, 11) is 0. The first kappa shape index (κ1) is 17.6. The van der Waals surface area contributed by atoms with Crippen LogP contribution in [0.25, 0.3) is 0 Å². The fraction of sp³-hybridized carbons (Fsp3) is 0.529. The molecule has 0 saturated carbocycles. The number of ether oxygens (including phenoxy) is 1. The summed E-state index contributed by atoms with van der Waals surface area (Å²) in [5, 5.41) is 14.7. The van der Waals surface area contributed by atoms with Crippen LogP contribution in [0.2, 0.25) is 0 Å². The van der Waals surface area contributed by atoms with E-state index in [1.54, 1.807) is 0 Å². The van der Waals surface area contributed by atoms with E-state index in [1.165, 1.54) is 0 Å². The van der Waals surface area contributed by atoms with E-state index >= 15 is 0 Å². The molecular weight excluding hydrogens is 318 g/mol. The minimum Gasteiger partial charge on any atom is -0.511 e. The van der Waals surface area contributed by atoms with Crippen molar-refractivity contribution in [2.24, 2.45) is 5.16 Å². The number of rotatable bonds is 6. The molecule has 1 spiro atoms. The molecule has 6 heteroatoms. The van der Waals surface area contributed by atoms with Gasteiger partial charge in [0.1, 0.15) is 16.9 Å². The maximum absolute atomic E-state index is 12.4. The van der Waals surface area contributed by atoms with E-state index < -0.39 is 11.6 Å². The number of halogens is 1. The number of aliphatic hydroxyl groups is 1. The molecule has 1 aliphatic heterocycles. The van der Waals surface area contributed by atoms with Crippen molar-refractivity contribution in [1.29, 1.82) is 0 Å².